The molecule has 0 aromatic heterocycles. The zero-order chi connectivity index (χ0) is 33.3. The van der Waals surface area contributed by atoms with Crippen molar-refractivity contribution >= 4 is 22.9 Å². The highest BCUT2D eigenvalue weighted by Gasteiger charge is 2.36. The molecular formula is C40H31ClN2O5. The fourth-order valence-electron chi connectivity index (χ4n) is 5.53. The van der Waals surface area contributed by atoms with Crippen LogP contribution in [0.2, 0.25) is 0 Å². The molecule has 7 nitrogen and oxygen atoms in total. The molecule has 4 aromatic carbocycles. The Morgan fingerprint density at radius 2 is 1.02 bits per heavy atom. The van der Waals surface area contributed by atoms with Crippen molar-refractivity contribution in [1.29, 1.82) is 0 Å². The molecule has 0 amide bonds. The van der Waals surface area contributed by atoms with Crippen LogP contribution in [0.15, 0.2) is 186 Å². The average Bonchev–Trinajstić information content (AvgIpc) is 3.57. The third kappa shape index (κ3) is 8.68. The van der Waals surface area contributed by atoms with Crippen molar-refractivity contribution in [3.05, 3.63) is 203 Å². The van der Waals surface area contributed by atoms with Crippen molar-refractivity contribution in [2.75, 3.05) is 0 Å². The lowest BCUT2D eigenvalue weighted by molar-refractivity contribution is -2.00. The Morgan fingerprint density at radius 1 is 0.583 bits per heavy atom. The van der Waals surface area contributed by atoms with E-state index in [9.17, 15) is 0 Å². The first kappa shape index (κ1) is 32.5. The maximum Gasteiger partial charge on any atom is 0.232 e. The van der Waals surface area contributed by atoms with Gasteiger partial charge in [0.05, 0.1) is 6.42 Å². The topological polar surface area (TPSA) is 117 Å². The third-order valence-corrected chi connectivity index (χ3v) is 7.76. The summed E-state index contributed by atoms with van der Waals surface area (Å²) in [6.07, 6.45) is 18.0. The van der Waals surface area contributed by atoms with E-state index in [1.165, 1.54) is 11.1 Å². The van der Waals surface area contributed by atoms with Gasteiger partial charge in [-0.15, -0.1) is 10.2 Å². The highest BCUT2D eigenvalue weighted by molar-refractivity contribution is 6.05. The molecule has 2 aliphatic heterocycles. The van der Waals surface area contributed by atoms with Gasteiger partial charge >= 0.3 is 0 Å². The lowest BCUT2D eigenvalue weighted by Gasteiger charge is -2.19. The molecule has 4 aromatic rings. The smallest absolute Gasteiger partial charge is 0.232 e. The van der Waals surface area contributed by atoms with Gasteiger partial charge in [0.2, 0.25) is 11.8 Å². The van der Waals surface area contributed by atoms with E-state index in [2.05, 4.69) is 132 Å². The van der Waals surface area contributed by atoms with Crippen molar-refractivity contribution in [3.63, 3.8) is 0 Å². The molecule has 0 bridgehead atoms. The molecule has 1 unspecified atom stereocenters. The summed E-state index contributed by atoms with van der Waals surface area (Å²) in [5.41, 5.74) is 8.92. The minimum atomic E-state index is -4.94. The molecule has 48 heavy (non-hydrogen) atoms. The second kappa shape index (κ2) is 15.0. The van der Waals surface area contributed by atoms with Gasteiger partial charge < -0.3 is 4.74 Å². The minimum absolute atomic E-state index is 0.152. The summed E-state index contributed by atoms with van der Waals surface area (Å²) in [5.74, 6) is 1.68. The summed E-state index contributed by atoms with van der Waals surface area (Å²) in [6.45, 7) is 0. The van der Waals surface area contributed by atoms with Crippen LogP contribution in [-0.4, -0.2) is 16.1 Å². The maximum absolute atomic E-state index is 8.49. The molecule has 0 saturated heterocycles. The van der Waals surface area contributed by atoms with Gasteiger partial charge in [-0.25, -0.2) is 18.6 Å². The van der Waals surface area contributed by atoms with Gasteiger partial charge in [-0.2, -0.15) is 0 Å². The fourth-order valence-corrected chi connectivity index (χ4v) is 5.53. The Hall–Kier alpha value is -5.41. The number of halogens is 1. The molecule has 238 valence electrons. The summed E-state index contributed by atoms with van der Waals surface area (Å²) in [7, 11) is -4.94. The first-order chi connectivity index (χ1) is 23.3. The quantitative estimate of drug-likeness (QED) is 0.297. The molecule has 1 aliphatic carbocycles. The van der Waals surface area contributed by atoms with Gasteiger partial charge in [-0.05, 0) is 40.6 Å². The number of hydrogen-bond donors (Lipinski definition) is 0. The molecule has 2 heterocycles. The Morgan fingerprint density at radius 3 is 1.52 bits per heavy atom. The third-order valence-electron chi connectivity index (χ3n) is 7.76. The number of rotatable bonds is 5. The highest BCUT2D eigenvalue weighted by atomic mass is 35.7. The van der Waals surface area contributed by atoms with Crippen LogP contribution in [0, 0.1) is 10.2 Å². The van der Waals surface area contributed by atoms with Crippen molar-refractivity contribution in [2.45, 2.75) is 12.5 Å². The van der Waals surface area contributed by atoms with E-state index in [-0.39, 0.29) is 6.04 Å². The molecule has 0 N–H and O–H groups in total. The monoisotopic (exact) mass is 654 g/mol. The van der Waals surface area contributed by atoms with E-state index in [0.717, 1.165) is 51.6 Å². The molecule has 8 heteroatoms. The Balaban J connectivity index is 0.000000749. The van der Waals surface area contributed by atoms with Crippen LogP contribution in [0.1, 0.15) is 34.7 Å². The fraction of sp³-hybridized carbons (Fsp3) is 0.0500. The number of hydrazone groups is 1. The normalized spacial score (nSPS) is 17.1. The summed E-state index contributed by atoms with van der Waals surface area (Å²) in [4.78, 5) is 0. The molecule has 0 spiro atoms. The first-order valence-corrected chi connectivity index (χ1v) is 16.5. The van der Waals surface area contributed by atoms with Gasteiger partial charge in [0.1, 0.15) is 17.2 Å². The molecule has 7 rings (SSSR count). The van der Waals surface area contributed by atoms with Gasteiger partial charge in [0.15, 0.2) is 0 Å². The predicted molar refractivity (Wildman–Crippen MR) is 176 cm³/mol. The lowest BCUT2D eigenvalue weighted by atomic mass is 9.98. The molecule has 0 radical (unpaired) electrons. The summed E-state index contributed by atoms with van der Waals surface area (Å²) < 4.78 is 42.5. The summed E-state index contributed by atoms with van der Waals surface area (Å²) in [5, 5.41) is 5.11. The Kier molecular flexibility index (Phi) is 10.2. The van der Waals surface area contributed by atoms with Crippen molar-refractivity contribution in [1.82, 2.24) is 0 Å². The van der Waals surface area contributed by atoms with Crippen LogP contribution >= 0.6 is 0 Å². The van der Waals surface area contributed by atoms with Crippen LogP contribution in [0.25, 0.3) is 11.5 Å². The van der Waals surface area contributed by atoms with E-state index in [4.69, 9.17) is 28.5 Å². The molecule has 1 atom stereocenters. The second-order valence-electron chi connectivity index (χ2n) is 11.0. The van der Waals surface area contributed by atoms with E-state index in [0.29, 0.717) is 0 Å². The second-order valence-corrected chi connectivity index (χ2v) is 11.8. The van der Waals surface area contributed by atoms with Gasteiger partial charge in [0.25, 0.3) is 0 Å². The zero-order valence-corrected chi connectivity index (χ0v) is 26.5. The number of benzene rings is 4. The number of hydrogen-bond acceptors (Lipinski definition) is 6. The molecule has 3 aliphatic rings. The number of nitrogens with zero attached hydrogens (tertiary/aromatic N) is 2. The van der Waals surface area contributed by atoms with E-state index >= 15 is 0 Å². The minimum Gasteiger partial charge on any atom is -0.456 e. The van der Waals surface area contributed by atoms with Crippen LogP contribution in [0.5, 0.6) is 0 Å². The summed E-state index contributed by atoms with van der Waals surface area (Å²) >= 11 is 0. The summed E-state index contributed by atoms with van der Waals surface area (Å²) in [6, 6.07) is 41.8. The van der Waals surface area contributed by atoms with Crippen molar-refractivity contribution in [2.24, 2.45) is 5.10 Å². The van der Waals surface area contributed by atoms with E-state index in [1.807, 2.05) is 42.5 Å². The Labute approximate surface area is 281 Å². The molecule has 0 fully saturated rings. The van der Waals surface area contributed by atoms with Crippen molar-refractivity contribution in [3.8, 4) is 0 Å². The van der Waals surface area contributed by atoms with Crippen LogP contribution < -0.4 is 18.6 Å². The standard InChI is InChI=1S/C40H31N2O.ClHO4/c1-5-13-32(14-6-1)37-29-38(33-15-7-2-8-16-33)42(41-37)36-25-23-30(24-26-36)21-22-31-27-39(34-17-9-3-10-18-34)43-40(28-31)35-19-11-4-12-20-35;2-1(3,4)5/h1-28,38H,29H2;(H,2,3,4,5)/q+1;/p-1. The number of allylic oxidation sites excluding steroid dienone is 10. The van der Waals surface area contributed by atoms with Crippen LogP contribution in [-0.2, 0) is 4.74 Å². The van der Waals surface area contributed by atoms with E-state index in [1.54, 1.807) is 0 Å². The largest absolute Gasteiger partial charge is 0.456 e. The van der Waals surface area contributed by atoms with Crippen LogP contribution in [0.4, 0.5) is 0 Å². The highest BCUT2D eigenvalue weighted by Crippen LogP contribution is 2.33. The van der Waals surface area contributed by atoms with Crippen LogP contribution in [0.3, 0.4) is 0 Å². The lowest BCUT2D eigenvalue weighted by Crippen LogP contribution is -2.68. The van der Waals surface area contributed by atoms with Gasteiger partial charge in [0, 0.05) is 34.4 Å². The molecule has 0 saturated carbocycles. The van der Waals surface area contributed by atoms with E-state index < -0.39 is 10.2 Å². The van der Waals surface area contributed by atoms with Crippen molar-refractivity contribution < 1.29 is 38.3 Å². The average molecular weight is 655 g/mol. The molecular weight excluding hydrogens is 624 g/mol. The predicted octanol–water partition coefficient (Wildman–Crippen LogP) is 4.32. The Bertz CT molecular complexity index is 1910. The van der Waals surface area contributed by atoms with Gasteiger partial charge in [-0.1, -0.05) is 138 Å². The zero-order valence-electron chi connectivity index (χ0n) is 25.8. The maximum atomic E-state index is 8.49. The first-order valence-electron chi connectivity index (χ1n) is 15.3. The number of ether oxygens (including phenoxy) is 1. The van der Waals surface area contributed by atoms with Gasteiger partial charge in [-0.3, -0.25) is 0 Å². The SMILES string of the molecule is C1=CC(=[N+]2N=C(c3ccccc3)CC2c2ccccc2)C=CC1=CC=C1C=C(c2ccccc2)OC(c2ccccc2)=C1.[O-][Cl+3]([O-])([O-])[O-].